The Hall–Kier alpha value is -3.28. The molecule has 0 saturated heterocycles. The molecule has 2 aromatic carbocycles. The van der Waals surface area contributed by atoms with E-state index in [0.717, 1.165) is 24.3 Å². The molecule has 170 valence electrons. The molecule has 1 atom stereocenters. The number of rotatable bonds is 7. The number of carbonyl (C=O) groups is 2. The first kappa shape index (κ1) is 23.4. The topological polar surface area (TPSA) is 70.1 Å². The Morgan fingerprint density at radius 3 is 2.19 bits per heavy atom. The van der Waals surface area contributed by atoms with Gasteiger partial charge in [-0.25, -0.2) is 0 Å². The minimum atomic E-state index is -0.764. The van der Waals surface area contributed by atoms with Gasteiger partial charge in [-0.05, 0) is 43.7 Å². The summed E-state index contributed by atoms with van der Waals surface area (Å²) in [5, 5.41) is 10.9. The Balaban J connectivity index is 2.19. The molecule has 0 saturated carbocycles. The number of Topliss-reactive ketones (excluding diaryl/α,β-unsaturated/α-hetero) is 1. The molecule has 0 aromatic heterocycles. The fourth-order valence-corrected chi connectivity index (χ4v) is 4.09. The molecule has 0 bridgehead atoms. The molecule has 1 amide bonds. The van der Waals surface area contributed by atoms with Gasteiger partial charge in [-0.1, -0.05) is 45.0 Å². The van der Waals surface area contributed by atoms with Crippen LogP contribution in [0, 0.1) is 5.41 Å². The van der Waals surface area contributed by atoms with Crippen molar-refractivity contribution in [1.82, 2.24) is 0 Å². The van der Waals surface area contributed by atoms with E-state index in [1.165, 1.54) is 12.0 Å². The molecular formula is C26H32N2O4. The van der Waals surface area contributed by atoms with Crippen LogP contribution >= 0.6 is 0 Å². The second-order valence-corrected chi connectivity index (χ2v) is 8.85. The minimum Gasteiger partial charge on any atom is -0.503 e. The standard InChI is InChI=1S/C26H32N2O4/c1-7-27(8-2)18-15-13-17(14-16-18)22-21(24(30)26(3,4)5)23(29)25(31)28(22)19-11-9-10-12-20(19)32-6/h9-16,22,29H,7-8H2,1-6H3. The van der Waals surface area contributed by atoms with E-state index in [-0.39, 0.29) is 11.4 Å². The van der Waals surface area contributed by atoms with Gasteiger partial charge in [0.05, 0.1) is 24.4 Å². The number of anilines is 2. The number of ketones is 1. The summed E-state index contributed by atoms with van der Waals surface area (Å²) in [4.78, 5) is 30.3. The average Bonchev–Trinajstić information content (AvgIpc) is 3.04. The highest BCUT2D eigenvalue weighted by Gasteiger charge is 2.47. The van der Waals surface area contributed by atoms with Crippen molar-refractivity contribution in [3.8, 4) is 5.75 Å². The van der Waals surface area contributed by atoms with E-state index in [1.54, 1.807) is 39.0 Å². The smallest absolute Gasteiger partial charge is 0.294 e. The van der Waals surface area contributed by atoms with Gasteiger partial charge in [-0.15, -0.1) is 0 Å². The summed E-state index contributed by atoms with van der Waals surface area (Å²) in [5.41, 5.74) is 1.66. The second-order valence-electron chi connectivity index (χ2n) is 8.85. The summed E-state index contributed by atoms with van der Waals surface area (Å²) in [6.07, 6.45) is 0. The number of carbonyl (C=O) groups excluding carboxylic acids is 2. The zero-order chi connectivity index (χ0) is 23.6. The molecule has 0 spiro atoms. The Morgan fingerprint density at radius 1 is 1.06 bits per heavy atom. The number of amides is 1. The van der Waals surface area contributed by atoms with E-state index in [4.69, 9.17) is 4.74 Å². The van der Waals surface area contributed by atoms with Gasteiger partial charge in [0.1, 0.15) is 5.75 Å². The van der Waals surface area contributed by atoms with Crippen molar-refractivity contribution in [2.45, 2.75) is 40.7 Å². The van der Waals surface area contributed by atoms with Crippen LogP contribution in [0.3, 0.4) is 0 Å². The van der Waals surface area contributed by atoms with Crippen LogP contribution in [-0.4, -0.2) is 37.0 Å². The van der Waals surface area contributed by atoms with Crippen molar-refractivity contribution in [3.05, 3.63) is 65.4 Å². The molecule has 3 rings (SSSR count). The van der Waals surface area contributed by atoms with Gasteiger partial charge in [0.15, 0.2) is 11.5 Å². The summed E-state index contributed by atoms with van der Waals surface area (Å²) < 4.78 is 5.48. The maximum absolute atomic E-state index is 13.4. The monoisotopic (exact) mass is 436 g/mol. The van der Waals surface area contributed by atoms with Crippen LogP contribution < -0.4 is 14.5 Å². The molecule has 0 radical (unpaired) electrons. The number of benzene rings is 2. The second kappa shape index (κ2) is 9.07. The molecule has 0 aliphatic carbocycles. The Morgan fingerprint density at radius 2 is 1.66 bits per heavy atom. The number of hydrogen-bond acceptors (Lipinski definition) is 5. The van der Waals surface area contributed by atoms with Crippen LogP contribution in [0.25, 0.3) is 0 Å². The number of aliphatic hydroxyl groups is 1. The van der Waals surface area contributed by atoms with Crippen LogP contribution in [0.15, 0.2) is 59.9 Å². The number of aliphatic hydroxyl groups excluding tert-OH is 1. The number of nitrogens with zero attached hydrogens (tertiary/aromatic N) is 2. The van der Waals surface area contributed by atoms with E-state index in [2.05, 4.69) is 18.7 Å². The van der Waals surface area contributed by atoms with Crippen LogP contribution in [0.1, 0.15) is 46.2 Å². The zero-order valence-corrected chi connectivity index (χ0v) is 19.7. The number of hydrogen-bond donors (Lipinski definition) is 1. The number of methoxy groups -OCH3 is 1. The SMILES string of the molecule is CCN(CC)c1ccc(C2C(C(=O)C(C)(C)C)=C(O)C(=O)N2c2ccccc2OC)cc1. The first-order chi connectivity index (χ1) is 15.1. The first-order valence-corrected chi connectivity index (χ1v) is 10.9. The third-order valence-corrected chi connectivity index (χ3v) is 5.82. The van der Waals surface area contributed by atoms with E-state index in [9.17, 15) is 14.7 Å². The van der Waals surface area contributed by atoms with Crippen molar-refractivity contribution >= 4 is 23.1 Å². The molecule has 2 aromatic rings. The van der Waals surface area contributed by atoms with E-state index in [0.29, 0.717) is 11.4 Å². The van der Waals surface area contributed by atoms with Crippen LogP contribution in [0.2, 0.25) is 0 Å². The van der Waals surface area contributed by atoms with Crippen molar-refractivity contribution in [1.29, 1.82) is 0 Å². The minimum absolute atomic E-state index is 0.115. The van der Waals surface area contributed by atoms with E-state index < -0.39 is 23.1 Å². The van der Waals surface area contributed by atoms with Gasteiger partial charge in [-0.3, -0.25) is 14.5 Å². The van der Waals surface area contributed by atoms with Gasteiger partial charge in [0.2, 0.25) is 0 Å². The van der Waals surface area contributed by atoms with Gasteiger partial charge < -0.3 is 14.7 Å². The van der Waals surface area contributed by atoms with Crippen LogP contribution in [0.4, 0.5) is 11.4 Å². The molecule has 1 N–H and O–H groups in total. The highest BCUT2D eigenvalue weighted by molar-refractivity contribution is 6.17. The Kier molecular flexibility index (Phi) is 6.63. The van der Waals surface area contributed by atoms with Crippen LogP contribution in [-0.2, 0) is 9.59 Å². The number of para-hydroxylation sites is 2. The lowest BCUT2D eigenvalue weighted by atomic mass is 9.82. The molecule has 1 aliphatic rings. The normalized spacial score (nSPS) is 16.5. The molecular weight excluding hydrogens is 404 g/mol. The van der Waals surface area contributed by atoms with Gasteiger partial charge >= 0.3 is 0 Å². The summed E-state index contributed by atoms with van der Waals surface area (Å²) >= 11 is 0. The summed E-state index contributed by atoms with van der Waals surface area (Å²) in [6, 6.07) is 14.2. The Bertz CT molecular complexity index is 1030. The Labute approximate surface area is 190 Å². The van der Waals surface area contributed by atoms with E-state index >= 15 is 0 Å². The number of ether oxygens (including phenoxy) is 1. The molecule has 0 fully saturated rings. The maximum atomic E-state index is 13.4. The zero-order valence-electron chi connectivity index (χ0n) is 19.7. The van der Waals surface area contributed by atoms with Crippen molar-refractivity contribution in [3.63, 3.8) is 0 Å². The average molecular weight is 437 g/mol. The quantitative estimate of drug-likeness (QED) is 0.657. The fourth-order valence-electron chi connectivity index (χ4n) is 4.09. The summed E-state index contributed by atoms with van der Waals surface area (Å²) in [5.74, 6) is -0.894. The summed E-state index contributed by atoms with van der Waals surface area (Å²) in [7, 11) is 1.53. The highest BCUT2D eigenvalue weighted by atomic mass is 16.5. The van der Waals surface area contributed by atoms with Crippen molar-refractivity contribution in [2.75, 3.05) is 30.0 Å². The molecule has 32 heavy (non-hydrogen) atoms. The predicted octanol–water partition coefficient (Wildman–Crippen LogP) is 5.06. The summed E-state index contributed by atoms with van der Waals surface area (Å²) in [6.45, 7) is 11.3. The molecule has 1 aliphatic heterocycles. The van der Waals surface area contributed by atoms with E-state index in [1.807, 2.05) is 30.3 Å². The van der Waals surface area contributed by atoms with Crippen molar-refractivity contribution in [2.24, 2.45) is 5.41 Å². The van der Waals surface area contributed by atoms with Gasteiger partial charge in [0, 0.05) is 24.2 Å². The maximum Gasteiger partial charge on any atom is 0.294 e. The first-order valence-electron chi connectivity index (χ1n) is 10.9. The highest BCUT2D eigenvalue weighted by Crippen LogP contribution is 2.46. The lowest BCUT2D eigenvalue weighted by Gasteiger charge is -2.30. The van der Waals surface area contributed by atoms with Gasteiger partial charge in [-0.2, -0.15) is 0 Å². The third kappa shape index (κ3) is 4.09. The van der Waals surface area contributed by atoms with Crippen LogP contribution in [0.5, 0.6) is 5.75 Å². The molecule has 1 heterocycles. The fraction of sp³-hybridized carbons (Fsp3) is 0.385. The molecule has 6 heteroatoms. The molecule has 1 unspecified atom stereocenters. The third-order valence-electron chi connectivity index (χ3n) is 5.82. The predicted molar refractivity (Wildman–Crippen MR) is 127 cm³/mol. The lowest BCUT2D eigenvalue weighted by molar-refractivity contribution is -0.123. The van der Waals surface area contributed by atoms with Crippen molar-refractivity contribution < 1.29 is 19.4 Å². The van der Waals surface area contributed by atoms with Gasteiger partial charge in [0.25, 0.3) is 5.91 Å². The lowest BCUT2D eigenvalue weighted by Crippen LogP contribution is -2.33. The largest absolute Gasteiger partial charge is 0.503 e. The molecule has 6 nitrogen and oxygen atoms in total.